The lowest BCUT2D eigenvalue weighted by Gasteiger charge is -2.35. The molecule has 1 saturated heterocycles. The summed E-state index contributed by atoms with van der Waals surface area (Å²) in [4.78, 5) is 32.3. The lowest BCUT2D eigenvalue weighted by atomic mass is 10.00. The molecule has 35 heavy (non-hydrogen) atoms. The number of piperazine rings is 1. The fourth-order valence-corrected chi connectivity index (χ4v) is 4.45. The number of halogens is 2. The van der Waals surface area contributed by atoms with E-state index in [1.54, 1.807) is 17.3 Å². The van der Waals surface area contributed by atoms with Crippen molar-refractivity contribution in [2.24, 2.45) is 0 Å². The molecule has 0 spiro atoms. The minimum absolute atomic E-state index is 0.0486. The van der Waals surface area contributed by atoms with Crippen molar-refractivity contribution in [2.75, 3.05) is 37.8 Å². The molecular formula is C25H22F2N6O2. The normalized spacial score (nSPS) is 14.4. The number of carbonyl (C=O) groups excluding carboxylic acids is 1. The second-order valence-corrected chi connectivity index (χ2v) is 8.26. The van der Waals surface area contributed by atoms with Gasteiger partial charge in [0.15, 0.2) is 5.82 Å². The molecular weight excluding hydrogens is 454 g/mol. The second-order valence-electron chi connectivity index (χ2n) is 8.26. The van der Waals surface area contributed by atoms with Crippen LogP contribution >= 0.6 is 0 Å². The van der Waals surface area contributed by atoms with Gasteiger partial charge in [-0.05, 0) is 23.9 Å². The van der Waals surface area contributed by atoms with Crippen LogP contribution in [0.1, 0.15) is 5.56 Å². The average molecular weight is 476 g/mol. The molecule has 0 atom stereocenters. The van der Waals surface area contributed by atoms with Crippen molar-refractivity contribution < 1.29 is 18.7 Å². The summed E-state index contributed by atoms with van der Waals surface area (Å²) >= 11 is 0. The molecule has 0 unspecified atom stereocenters. The molecule has 3 aromatic heterocycles. The van der Waals surface area contributed by atoms with Gasteiger partial charge in [-0.3, -0.25) is 14.8 Å². The number of hydrogen-bond acceptors (Lipinski definition) is 7. The number of anilines is 1. The quantitative estimate of drug-likeness (QED) is 0.450. The number of allylic oxidation sites excluding steroid dienone is 1. The molecule has 4 heterocycles. The number of hydrogen-bond donors (Lipinski definition) is 1. The highest BCUT2D eigenvalue weighted by Gasteiger charge is 2.25. The summed E-state index contributed by atoms with van der Waals surface area (Å²) in [5.74, 6) is -0.609. The summed E-state index contributed by atoms with van der Waals surface area (Å²) in [6.07, 6.45) is 7.17. The summed E-state index contributed by atoms with van der Waals surface area (Å²) < 4.78 is 28.1. The predicted molar refractivity (Wildman–Crippen MR) is 128 cm³/mol. The molecule has 1 amide bonds. The standard InChI is InChI=1S/C25H22F2N6O2/c1-15-4-2-5-16-12-28-13-17(20(15)16)22-21(27)23-18(14-29-22)24(31-25(35)30-23)33-10-8-32(9-11-33)19(34)6-3-7-26/h2-6,12-14H,7-11H2,1H3,(H,30,31,35)/b6-3+. The summed E-state index contributed by atoms with van der Waals surface area (Å²) in [6.45, 7) is 2.78. The van der Waals surface area contributed by atoms with E-state index in [2.05, 4.69) is 19.9 Å². The number of aryl methyl sites for hydroxylation is 1. The Morgan fingerprint density at radius 2 is 1.94 bits per heavy atom. The van der Waals surface area contributed by atoms with Crippen LogP contribution in [0.15, 0.2) is 48.9 Å². The van der Waals surface area contributed by atoms with Crippen molar-refractivity contribution in [3.8, 4) is 17.3 Å². The van der Waals surface area contributed by atoms with E-state index in [4.69, 9.17) is 0 Å². The highest BCUT2D eigenvalue weighted by molar-refractivity contribution is 6.00. The number of carbonyl (C=O) groups is 1. The Hall–Kier alpha value is -4.21. The molecule has 4 aromatic rings. The summed E-state index contributed by atoms with van der Waals surface area (Å²) in [6, 6.07) is 5.20. The monoisotopic (exact) mass is 476 g/mol. The zero-order valence-corrected chi connectivity index (χ0v) is 18.9. The van der Waals surface area contributed by atoms with Crippen molar-refractivity contribution >= 4 is 33.4 Å². The molecule has 10 heteroatoms. The van der Waals surface area contributed by atoms with Crippen LogP contribution in [0.25, 0.3) is 32.9 Å². The van der Waals surface area contributed by atoms with Gasteiger partial charge in [0.2, 0.25) is 5.91 Å². The molecule has 0 bridgehead atoms. The van der Waals surface area contributed by atoms with Crippen molar-refractivity contribution in [2.45, 2.75) is 6.92 Å². The van der Waals surface area contributed by atoms with Gasteiger partial charge in [0.25, 0.3) is 0 Å². The lowest BCUT2D eigenvalue weighted by Crippen LogP contribution is -2.48. The number of fused-ring (bicyclic) bond motifs is 2. The van der Waals surface area contributed by atoms with Gasteiger partial charge in [0.1, 0.15) is 23.7 Å². The fourth-order valence-electron chi connectivity index (χ4n) is 4.45. The lowest BCUT2D eigenvalue weighted by molar-refractivity contribution is -0.126. The fraction of sp³-hybridized carbons (Fsp3) is 0.240. The van der Waals surface area contributed by atoms with Crippen LogP contribution < -0.4 is 4.90 Å². The van der Waals surface area contributed by atoms with Gasteiger partial charge in [0.05, 0.1) is 5.39 Å². The van der Waals surface area contributed by atoms with Crippen LogP contribution in [0.2, 0.25) is 0 Å². The van der Waals surface area contributed by atoms with Gasteiger partial charge >= 0.3 is 6.01 Å². The molecule has 1 N–H and O–H groups in total. The maximum atomic E-state index is 15.8. The Bertz CT molecular complexity index is 1460. The molecule has 1 aromatic carbocycles. The van der Waals surface area contributed by atoms with E-state index in [0.29, 0.717) is 42.9 Å². The molecule has 0 saturated carbocycles. The molecule has 1 aliphatic heterocycles. The Balaban J connectivity index is 1.54. The molecule has 5 rings (SSSR count). The number of nitrogens with zero attached hydrogens (tertiary/aromatic N) is 6. The van der Waals surface area contributed by atoms with Crippen molar-refractivity contribution in [1.82, 2.24) is 24.8 Å². The van der Waals surface area contributed by atoms with Gasteiger partial charge in [-0.15, -0.1) is 0 Å². The molecule has 1 fully saturated rings. The van der Waals surface area contributed by atoms with Crippen LogP contribution in [-0.2, 0) is 4.79 Å². The van der Waals surface area contributed by atoms with Crippen molar-refractivity contribution in [1.29, 1.82) is 0 Å². The third-order valence-electron chi connectivity index (χ3n) is 6.14. The number of pyridine rings is 2. The highest BCUT2D eigenvalue weighted by Crippen LogP contribution is 2.35. The number of rotatable bonds is 4. The minimum atomic E-state index is -0.702. The number of aromatic nitrogens is 4. The summed E-state index contributed by atoms with van der Waals surface area (Å²) in [7, 11) is 0. The molecule has 1 aliphatic rings. The van der Waals surface area contributed by atoms with Crippen LogP contribution in [0.4, 0.5) is 14.6 Å². The Morgan fingerprint density at radius 3 is 2.71 bits per heavy atom. The molecule has 178 valence electrons. The number of benzene rings is 1. The van der Waals surface area contributed by atoms with E-state index < -0.39 is 18.5 Å². The molecule has 0 radical (unpaired) electrons. The topological polar surface area (TPSA) is 95.3 Å². The van der Waals surface area contributed by atoms with E-state index in [0.717, 1.165) is 16.3 Å². The zero-order chi connectivity index (χ0) is 24.5. The second kappa shape index (κ2) is 9.21. The van der Waals surface area contributed by atoms with Gasteiger partial charge in [0, 0.05) is 61.8 Å². The maximum Gasteiger partial charge on any atom is 0.316 e. The van der Waals surface area contributed by atoms with E-state index in [9.17, 15) is 14.3 Å². The summed E-state index contributed by atoms with van der Waals surface area (Å²) in [5.41, 5.74) is 1.53. The zero-order valence-electron chi connectivity index (χ0n) is 18.9. The number of aromatic hydroxyl groups is 1. The third kappa shape index (κ3) is 4.11. The van der Waals surface area contributed by atoms with Crippen LogP contribution in [0.5, 0.6) is 6.01 Å². The maximum absolute atomic E-state index is 15.8. The van der Waals surface area contributed by atoms with Crippen molar-refractivity contribution in [3.63, 3.8) is 0 Å². The first-order valence-corrected chi connectivity index (χ1v) is 11.1. The van der Waals surface area contributed by atoms with Crippen molar-refractivity contribution in [3.05, 3.63) is 60.3 Å². The largest absolute Gasteiger partial charge is 0.479 e. The minimum Gasteiger partial charge on any atom is -0.479 e. The van der Waals surface area contributed by atoms with Crippen LogP contribution in [0.3, 0.4) is 0 Å². The van der Waals surface area contributed by atoms with Crippen LogP contribution in [0, 0.1) is 12.7 Å². The van der Waals surface area contributed by atoms with E-state index in [1.165, 1.54) is 18.3 Å². The SMILES string of the molecule is Cc1cccc2cncc(-c3ncc4c(N5CCN(C(=O)/C=C/CF)CC5)nc(O)nc4c3F)c12. The van der Waals surface area contributed by atoms with E-state index in [1.807, 2.05) is 30.0 Å². The Labute approximate surface area is 199 Å². The van der Waals surface area contributed by atoms with E-state index >= 15 is 4.39 Å². The smallest absolute Gasteiger partial charge is 0.316 e. The van der Waals surface area contributed by atoms with E-state index in [-0.39, 0.29) is 17.1 Å². The number of amides is 1. The third-order valence-corrected chi connectivity index (χ3v) is 6.14. The van der Waals surface area contributed by atoms with Gasteiger partial charge in [-0.2, -0.15) is 9.97 Å². The first-order valence-electron chi connectivity index (χ1n) is 11.1. The Kier molecular flexibility index (Phi) is 5.94. The predicted octanol–water partition coefficient (Wildman–Crippen LogP) is 3.57. The highest BCUT2D eigenvalue weighted by atomic mass is 19.1. The molecule has 0 aliphatic carbocycles. The molecule has 8 nitrogen and oxygen atoms in total. The van der Waals surface area contributed by atoms with Gasteiger partial charge in [-0.1, -0.05) is 18.2 Å². The Morgan fingerprint density at radius 1 is 1.14 bits per heavy atom. The average Bonchev–Trinajstić information content (AvgIpc) is 2.87. The van der Waals surface area contributed by atoms with Crippen LogP contribution in [-0.4, -0.2) is 68.7 Å². The first kappa shape index (κ1) is 22.6. The summed E-state index contributed by atoms with van der Waals surface area (Å²) in [5, 5.41) is 12.3. The first-order chi connectivity index (χ1) is 17.0. The van der Waals surface area contributed by atoms with Gasteiger partial charge in [-0.25, -0.2) is 8.78 Å². The van der Waals surface area contributed by atoms with Gasteiger partial charge < -0.3 is 14.9 Å². The number of alkyl halides is 1.